The monoisotopic (exact) mass is 241 g/mol. The Balaban J connectivity index is 2.28. The Bertz CT molecular complexity index is 304. The van der Waals surface area contributed by atoms with E-state index in [1.807, 2.05) is 0 Å². The van der Waals surface area contributed by atoms with Gasteiger partial charge in [0.05, 0.1) is 0 Å². The number of nitrogens with one attached hydrogen (secondary N) is 2. The fourth-order valence-corrected chi connectivity index (χ4v) is 1.74. The van der Waals surface area contributed by atoms with E-state index < -0.39 is 12.0 Å². The topological polar surface area (TPSA) is 98.3 Å². The summed E-state index contributed by atoms with van der Waals surface area (Å²) in [6.07, 6.45) is 2.66. The van der Waals surface area contributed by atoms with Crippen molar-refractivity contribution in [3.8, 4) is 0 Å². The summed E-state index contributed by atoms with van der Waals surface area (Å²) in [5.41, 5.74) is 0. The maximum atomic E-state index is 11.5. The average Bonchev–Trinajstić information content (AvgIpc) is 2.44. The normalized spacial score (nSPS) is 20.2. The van der Waals surface area contributed by atoms with E-state index in [1.165, 1.54) is 0 Å². The average molecular weight is 241 g/mol. The molecule has 2 amide bonds. The van der Waals surface area contributed by atoms with Crippen LogP contribution in [0.15, 0.2) is 0 Å². The van der Waals surface area contributed by atoms with E-state index in [9.17, 15) is 19.5 Å². The number of carbonyl (C=O) groups is 3. The van der Waals surface area contributed by atoms with Crippen LogP contribution in [0.5, 0.6) is 0 Å². The third kappa shape index (κ3) is 5.33. The molecule has 1 atom stereocenters. The van der Waals surface area contributed by atoms with Crippen molar-refractivity contribution in [2.75, 3.05) is 6.54 Å². The summed E-state index contributed by atoms with van der Waals surface area (Å²) in [6.45, 7) is 0.649. The lowest BCUT2D eigenvalue weighted by Crippen LogP contribution is -2.45. The first kappa shape index (κ1) is 13.5. The van der Waals surface area contributed by atoms with Crippen molar-refractivity contribution < 1.29 is 19.5 Å². The Hall–Kier alpha value is -1.59. The van der Waals surface area contributed by atoms with E-state index >= 15 is 0 Å². The molecule has 0 unspecified atom stereocenters. The van der Waals surface area contributed by atoms with Gasteiger partial charge < -0.3 is 20.5 Å². The van der Waals surface area contributed by atoms with Crippen LogP contribution in [-0.2, 0) is 14.4 Å². The lowest BCUT2D eigenvalue weighted by atomic mass is 10.1. The summed E-state index contributed by atoms with van der Waals surface area (Å²) in [6, 6.07) is -0.479. The molecule has 17 heavy (non-hydrogen) atoms. The zero-order valence-electron chi connectivity index (χ0n) is 9.66. The lowest BCUT2D eigenvalue weighted by Gasteiger charge is -2.15. The first-order valence-electron chi connectivity index (χ1n) is 5.86. The first-order valence-corrected chi connectivity index (χ1v) is 5.86. The van der Waals surface area contributed by atoms with Crippen LogP contribution in [0.1, 0.15) is 38.5 Å². The molecular weight excluding hydrogens is 224 g/mol. The molecule has 0 saturated carbocycles. The summed E-state index contributed by atoms with van der Waals surface area (Å²) in [5, 5.41) is 15.5. The van der Waals surface area contributed by atoms with Gasteiger partial charge in [-0.25, -0.2) is 0 Å². The van der Waals surface area contributed by atoms with Crippen molar-refractivity contribution in [1.29, 1.82) is 0 Å². The molecule has 6 nitrogen and oxygen atoms in total. The van der Waals surface area contributed by atoms with Gasteiger partial charge in [-0.15, -0.1) is 0 Å². The fraction of sp³-hybridized carbons (Fsp3) is 0.727. The number of rotatable bonds is 5. The van der Waals surface area contributed by atoms with Gasteiger partial charge in [-0.3, -0.25) is 9.59 Å². The third-order valence-electron chi connectivity index (χ3n) is 2.66. The highest BCUT2D eigenvalue weighted by Crippen LogP contribution is 2.06. The molecule has 0 aliphatic carbocycles. The summed E-state index contributed by atoms with van der Waals surface area (Å²) in [4.78, 5) is 33.1. The van der Waals surface area contributed by atoms with Gasteiger partial charge in [0, 0.05) is 18.9 Å². The van der Waals surface area contributed by atoms with Gasteiger partial charge in [0.2, 0.25) is 11.8 Å². The van der Waals surface area contributed by atoms with Crippen LogP contribution >= 0.6 is 0 Å². The predicted molar refractivity (Wildman–Crippen MR) is 57.6 cm³/mol. The van der Waals surface area contributed by atoms with Crippen molar-refractivity contribution in [2.24, 2.45) is 0 Å². The van der Waals surface area contributed by atoms with Crippen molar-refractivity contribution in [3.63, 3.8) is 0 Å². The molecule has 0 aromatic heterocycles. The van der Waals surface area contributed by atoms with Crippen LogP contribution in [0.3, 0.4) is 0 Å². The van der Waals surface area contributed by atoms with Crippen molar-refractivity contribution in [3.05, 3.63) is 0 Å². The van der Waals surface area contributed by atoms with E-state index in [0.717, 1.165) is 12.8 Å². The second kappa shape index (κ2) is 6.88. The minimum atomic E-state index is -1.16. The molecular formula is C11H17N2O4-. The Morgan fingerprint density at radius 1 is 1.35 bits per heavy atom. The van der Waals surface area contributed by atoms with E-state index in [2.05, 4.69) is 10.6 Å². The summed E-state index contributed by atoms with van der Waals surface area (Å²) >= 11 is 0. The van der Waals surface area contributed by atoms with Gasteiger partial charge in [-0.2, -0.15) is 0 Å². The highest BCUT2D eigenvalue weighted by atomic mass is 16.4. The Labute approximate surface area is 99.8 Å². The van der Waals surface area contributed by atoms with Crippen LogP contribution in [0.2, 0.25) is 0 Å². The van der Waals surface area contributed by atoms with Crippen LogP contribution in [0.4, 0.5) is 0 Å². The maximum absolute atomic E-state index is 11.5. The Morgan fingerprint density at radius 2 is 2.12 bits per heavy atom. The summed E-state index contributed by atoms with van der Waals surface area (Å²) in [5.74, 6) is -1.60. The zero-order valence-corrected chi connectivity index (χ0v) is 9.66. The van der Waals surface area contributed by atoms with Gasteiger partial charge in [0.1, 0.15) is 6.04 Å². The molecule has 0 aromatic rings. The minimum Gasteiger partial charge on any atom is -0.550 e. The molecule has 6 heteroatoms. The van der Waals surface area contributed by atoms with Crippen LogP contribution in [0.25, 0.3) is 0 Å². The van der Waals surface area contributed by atoms with Crippen molar-refractivity contribution in [2.45, 2.75) is 44.6 Å². The maximum Gasteiger partial charge on any atom is 0.242 e. The van der Waals surface area contributed by atoms with Gasteiger partial charge in [-0.1, -0.05) is 0 Å². The van der Waals surface area contributed by atoms with Crippen molar-refractivity contribution in [1.82, 2.24) is 10.6 Å². The number of aliphatic carboxylic acids is 1. The molecule has 0 radical (unpaired) electrons. The highest BCUT2D eigenvalue weighted by molar-refractivity contribution is 5.87. The quantitative estimate of drug-likeness (QED) is 0.624. The predicted octanol–water partition coefficient (Wildman–Crippen LogP) is -1.31. The Morgan fingerprint density at radius 3 is 2.82 bits per heavy atom. The Kier molecular flexibility index (Phi) is 5.45. The molecule has 0 spiro atoms. The number of hydrogen-bond acceptors (Lipinski definition) is 4. The molecule has 2 N–H and O–H groups in total. The summed E-state index contributed by atoms with van der Waals surface area (Å²) in [7, 11) is 0. The third-order valence-corrected chi connectivity index (χ3v) is 2.66. The molecule has 1 fully saturated rings. The number of carboxylic acids is 1. The van der Waals surface area contributed by atoms with E-state index in [0.29, 0.717) is 13.0 Å². The largest absolute Gasteiger partial charge is 0.550 e. The fourth-order valence-electron chi connectivity index (χ4n) is 1.74. The number of carboxylic acid groups (broad SMARTS) is 1. The van der Waals surface area contributed by atoms with Gasteiger partial charge >= 0.3 is 0 Å². The number of amides is 2. The van der Waals surface area contributed by atoms with Crippen LogP contribution < -0.4 is 15.7 Å². The highest BCUT2D eigenvalue weighted by Gasteiger charge is 2.21. The molecule has 96 valence electrons. The molecule has 0 aromatic carbocycles. The van der Waals surface area contributed by atoms with E-state index in [1.54, 1.807) is 0 Å². The molecule has 1 heterocycles. The smallest absolute Gasteiger partial charge is 0.242 e. The molecule has 0 bridgehead atoms. The van der Waals surface area contributed by atoms with Crippen LogP contribution in [-0.4, -0.2) is 30.4 Å². The zero-order chi connectivity index (χ0) is 12.7. The first-order chi connectivity index (χ1) is 8.09. The van der Waals surface area contributed by atoms with E-state index in [-0.39, 0.29) is 31.1 Å². The number of hydrogen-bond donors (Lipinski definition) is 2. The minimum absolute atomic E-state index is 0.109. The van der Waals surface area contributed by atoms with E-state index in [4.69, 9.17) is 0 Å². The second-order valence-corrected chi connectivity index (χ2v) is 4.13. The van der Waals surface area contributed by atoms with Crippen LogP contribution in [0, 0.1) is 0 Å². The SMILES string of the molecule is O=C([O-])CCCC(=O)N[C@@H]1CCCCNC1=O. The molecule has 1 aliphatic rings. The van der Waals surface area contributed by atoms with Gasteiger partial charge in [0.25, 0.3) is 0 Å². The standard InChI is InChI=1S/C11H18N2O4/c14-9(5-3-6-10(15)16)13-8-4-1-2-7-12-11(8)17/h8H,1-7H2,(H,12,17)(H,13,14)(H,15,16)/p-1/t8-/m1/s1. The lowest BCUT2D eigenvalue weighted by molar-refractivity contribution is -0.305. The summed E-state index contributed by atoms with van der Waals surface area (Å²) < 4.78 is 0. The molecule has 1 rings (SSSR count). The van der Waals surface area contributed by atoms with Gasteiger partial charge in [-0.05, 0) is 32.1 Å². The second-order valence-electron chi connectivity index (χ2n) is 4.13. The molecule has 1 saturated heterocycles. The molecule has 1 aliphatic heterocycles. The number of carbonyl (C=O) groups excluding carboxylic acids is 3. The van der Waals surface area contributed by atoms with Crippen molar-refractivity contribution >= 4 is 17.8 Å². The van der Waals surface area contributed by atoms with Gasteiger partial charge in [0.15, 0.2) is 0 Å².